The zero-order valence-corrected chi connectivity index (χ0v) is 50.1. The Labute approximate surface area is 526 Å². The summed E-state index contributed by atoms with van der Waals surface area (Å²) in [5, 5.41) is 24.7. The molecule has 6 aromatic rings. The molecule has 0 bridgehead atoms. The molecule has 0 saturated carbocycles. The fourth-order valence-electron chi connectivity index (χ4n) is 10.3. The number of likely N-dealkylation sites (N-methyl/N-ethyl adjacent to an activating group) is 1. The molecular weight excluding hydrogens is 1200 g/mol. The second-order valence-corrected chi connectivity index (χ2v) is 21.2. The normalized spacial score (nSPS) is 15.3. The fourth-order valence-corrected chi connectivity index (χ4v) is 10.3. The highest BCUT2D eigenvalue weighted by molar-refractivity contribution is 6.06. The molecule has 2 aliphatic rings. The number of urea groups is 2. The number of allylic oxidation sites excluding steroid dienone is 2. The highest BCUT2D eigenvalue weighted by atomic mass is 19.4. The summed E-state index contributed by atoms with van der Waals surface area (Å²) in [5.74, 6) is -3.45. The van der Waals surface area contributed by atoms with E-state index in [-0.39, 0.29) is 122 Å². The number of carbonyl (C=O) groups excluding carboxylic acids is 6. The first kappa shape index (κ1) is 67.6. The van der Waals surface area contributed by atoms with E-state index in [1.54, 1.807) is 11.9 Å². The number of hydrogen-bond donors (Lipinski definition) is 2. The van der Waals surface area contributed by atoms with Crippen LogP contribution in [0.3, 0.4) is 0 Å². The molecule has 92 heavy (non-hydrogen) atoms. The molecule has 2 heterocycles. The van der Waals surface area contributed by atoms with Crippen LogP contribution in [0.25, 0.3) is 0 Å². The van der Waals surface area contributed by atoms with E-state index in [9.17, 15) is 65.6 Å². The highest BCUT2D eigenvalue weighted by Gasteiger charge is 2.46. The number of hydrogen-bond acceptors (Lipinski definition) is 13. The molecule has 478 valence electrons. The molecule has 25 heteroatoms. The second kappa shape index (κ2) is 30.9. The molecule has 0 aromatic heterocycles. The first-order valence-electron chi connectivity index (χ1n) is 28.8. The van der Waals surface area contributed by atoms with Gasteiger partial charge < -0.3 is 44.3 Å². The maximum Gasteiger partial charge on any atom is 0.416 e. The predicted molar refractivity (Wildman–Crippen MR) is 323 cm³/mol. The number of alkyl halides is 6. The van der Waals surface area contributed by atoms with Crippen LogP contribution in [0.1, 0.15) is 70.4 Å². The van der Waals surface area contributed by atoms with Gasteiger partial charge in [-0.2, -0.15) is 36.9 Å². The number of halogens is 6. The van der Waals surface area contributed by atoms with E-state index in [0.717, 1.165) is 67.1 Å². The third-order valence-corrected chi connectivity index (χ3v) is 14.9. The van der Waals surface area contributed by atoms with E-state index in [1.165, 1.54) is 74.5 Å². The maximum atomic E-state index is 14.8. The molecule has 2 unspecified atom stereocenters. The van der Waals surface area contributed by atoms with E-state index in [2.05, 4.69) is 10.6 Å². The Hall–Kier alpha value is -10.3. The van der Waals surface area contributed by atoms with Gasteiger partial charge in [0, 0.05) is 37.6 Å². The predicted octanol–water partition coefficient (Wildman–Crippen LogP) is 10.4. The number of amides is 6. The number of nitriles is 2. The minimum atomic E-state index is -4.83. The molecule has 2 aliphatic heterocycles. The molecule has 6 amide bonds. The van der Waals surface area contributed by atoms with Gasteiger partial charge in [-0.15, -0.1) is 0 Å². The lowest BCUT2D eigenvalue weighted by atomic mass is 9.92. The van der Waals surface area contributed by atoms with Gasteiger partial charge >= 0.3 is 36.4 Å². The molecular formula is C67H63F6N9O10. The van der Waals surface area contributed by atoms with E-state index in [0.29, 0.717) is 0 Å². The molecule has 0 radical (unpaired) electrons. The number of rotatable bonds is 26. The number of esters is 2. The van der Waals surface area contributed by atoms with Gasteiger partial charge in [-0.1, -0.05) is 97.1 Å². The zero-order chi connectivity index (χ0) is 66.1. The SMILES string of the molecule is CC1=C(C(=O)OCCOCc2ccccc2)C(c2ccc(C#N)cc2)N(CC(=O)NCCN(C)CCNC(=O)CN2C(=O)N(c3cccc(C(F)(F)F)c3)C(C)=C(C(=O)OCCOCc3ccccc3)C2c2ccc(C#N)cc2)C(=O)N1c1cccc(C(F)(F)F)c1. The number of nitrogens with zero attached hydrogens (tertiary/aromatic N) is 7. The monoisotopic (exact) mass is 1270 g/mol. The first-order valence-corrected chi connectivity index (χ1v) is 28.8. The van der Waals surface area contributed by atoms with Gasteiger partial charge in [-0.3, -0.25) is 19.4 Å². The summed E-state index contributed by atoms with van der Waals surface area (Å²) in [4.78, 5) is 92.0. The van der Waals surface area contributed by atoms with Crippen LogP contribution in [-0.2, 0) is 63.7 Å². The number of nitrogens with one attached hydrogen (secondary N) is 2. The van der Waals surface area contributed by atoms with Gasteiger partial charge in [-0.25, -0.2) is 19.2 Å². The van der Waals surface area contributed by atoms with Crippen molar-refractivity contribution in [1.29, 1.82) is 10.5 Å². The molecule has 0 fully saturated rings. The molecule has 0 saturated heterocycles. The Morgan fingerprint density at radius 1 is 0.522 bits per heavy atom. The summed E-state index contributed by atoms with van der Waals surface area (Å²) in [5.41, 5.74) is -0.628. The van der Waals surface area contributed by atoms with Crippen molar-refractivity contribution in [3.8, 4) is 12.1 Å². The third kappa shape index (κ3) is 17.1. The number of ether oxygens (including phenoxy) is 4. The Kier molecular flexibility index (Phi) is 22.7. The van der Waals surface area contributed by atoms with Crippen LogP contribution in [0.2, 0.25) is 0 Å². The number of benzene rings is 6. The quantitative estimate of drug-likeness (QED) is 0.0293. The van der Waals surface area contributed by atoms with Crippen molar-refractivity contribution in [2.45, 2.75) is 51.5 Å². The lowest BCUT2D eigenvalue weighted by molar-refractivity contribution is -0.142. The van der Waals surface area contributed by atoms with E-state index in [1.807, 2.05) is 72.8 Å². The van der Waals surface area contributed by atoms with Crippen molar-refractivity contribution in [3.05, 3.63) is 225 Å². The molecule has 2 N–H and O–H groups in total. The van der Waals surface area contributed by atoms with Gasteiger partial charge in [-0.05, 0) is 104 Å². The minimum Gasteiger partial charge on any atom is -0.460 e. The van der Waals surface area contributed by atoms with Gasteiger partial charge in [0.15, 0.2) is 0 Å². The summed E-state index contributed by atoms with van der Waals surface area (Å²) in [6.45, 7) is 1.08. The van der Waals surface area contributed by atoms with Crippen LogP contribution in [0.5, 0.6) is 0 Å². The summed E-state index contributed by atoms with van der Waals surface area (Å²) < 4.78 is 108. The summed E-state index contributed by atoms with van der Waals surface area (Å²) in [7, 11) is 1.65. The van der Waals surface area contributed by atoms with Crippen LogP contribution >= 0.6 is 0 Å². The van der Waals surface area contributed by atoms with Crippen molar-refractivity contribution >= 4 is 47.2 Å². The highest BCUT2D eigenvalue weighted by Crippen LogP contribution is 2.43. The number of anilines is 2. The first-order chi connectivity index (χ1) is 44.1. The minimum absolute atomic E-state index is 0.0572. The standard InChI is InChI=1S/C67H63F6N9O10/c1-44-58(62(85)91-34-32-89-42-48-12-6-4-7-13-48)60(50-24-20-46(38-74)21-25-50)79(64(87)81(44)54-18-10-16-52(36-54)66(68,69)70)40-56(83)76-28-30-78(3)31-29-77-57(84)41-80-61(51-26-22-47(39-75)23-27-51)59(63(86)92-35-33-90-43-49-14-8-5-9-15-49)45(2)82(65(80)88)55-19-11-17-53(37-55)67(71,72)73/h4-27,36-37,60-61H,28-35,40-43H2,1-3H3,(H,76,83)(H,77,84). The average Bonchev–Trinajstić information content (AvgIpc) is 0.762. The lowest BCUT2D eigenvalue weighted by Gasteiger charge is -2.42. The summed E-state index contributed by atoms with van der Waals surface area (Å²) >= 11 is 0. The zero-order valence-electron chi connectivity index (χ0n) is 50.1. The van der Waals surface area contributed by atoms with Crippen LogP contribution in [-0.4, -0.2) is 123 Å². The molecule has 0 spiro atoms. The third-order valence-electron chi connectivity index (χ3n) is 14.9. The molecule has 2 atom stereocenters. The topological polar surface area (TPSA) is 227 Å². The van der Waals surface area contributed by atoms with E-state index >= 15 is 0 Å². The van der Waals surface area contributed by atoms with Crippen molar-refractivity contribution in [1.82, 2.24) is 25.3 Å². The van der Waals surface area contributed by atoms with Crippen LogP contribution in [0, 0.1) is 22.7 Å². The van der Waals surface area contributed by atoms with E-state index in [4.69, 9.17) is 18.9 Å². The van der Waals surface area contributed by atoms with Crippen molar-refractivity contribution in [2.75, 3.05) is 82.5 Å². The van der Waals surface area contributed by atoms with E-state index < -0.39 is 84.5 Å². The average molecular weight is 1270 g/mol. The molecule has 19 nitrogen and oxygen atoms in total. The van der Waals surface area contributed by atoms with Crippen LogP contribution in [0.15, 0.2) is 180 Å². The van der Waals surface area contributed by atoms with Crippen molar-refractivity contribution in [2.24, 2.45) is 0 Å². The van der Waals surface area contributed by atoms with Crippen LogP contribution in [0.4, 0.5) is 47.3 Å². The van der Waals surface area contributed by atoms with Crippen molar-refractivity contribution in [3.63, 3.8) is 0 Å². The number of carbonyl (C=O) groups is 6. The maximum absolute atomic E-state index is 14.8. The van der Waals surface area contributed by atoms with Gasteiger partial charge in [0.05, 0.1) is 95.4 Å². The Morgan fingerprint density at radius 2 is 0.891 bits per heavy atom. The van der Waals surface area contributed by atoms with Crippen molar-refractivity contribution < 1.29 is 74.1 Å². The molecule has 6 aromatic carbocycles. The summed E-state index contributed by atoms with van der Waals surface area (Å²) in [6.07, 6.45) is -9.65. The smallest absolute Gasteiger partial charge is 0.416 e. The van der Waals surface area contributed by atoms with Crippen LogP contribution < -0.4 is 20.4 Å². The Balaban J connectivity index is 0.963. The van der Waals surface area contributed by atoms with Gasteiger partial charge in [0.2, 0.25) is 11.8 Å². The molecule has 0 aliphatic carbocycles. The lowest BCUT2D eigenvalue weighted by Crippen LogP contribution is -2.54. The Bertz CT molecular complexity index is 3540. The van der Waals surface area contributed by atoms with Gasteiger partial charge in [0.1, 0.15) is 26.3 Å². The largest absolute Gasteiger partial charge is 0.460 e. The Morgan fingerprint density at radius 3 is 1.24 bits per heavy atom. The fraction of sp³-hybridized carbons (Fsp3) is 0.284. The van der Waals surface area contributed by atoms with Gasteiger partial charge in [0.25, 0.3) is 0 Å². The summed E-state index contributed by atoms with van der Waals surface area (Å²) in [6, 6.07) is 37.1. The molecule has 8 rings (SSSR count). The second-order valence-electron chi connectivity index (χ2n) is 21.2.